The van der Waals surface area contributed by atoms with E-state index in [1.54, 1.807) is 24.5 Å². The van der Waals surface area contributed by atoms with Crippen LogP contribution in [0.15, 0.2) is 43.9 Å². The predicted octanol–water partition coefficient (Wildman–Crippen LogP) is 4.10. The maximum Gasteiger partial charge on any atom is 0.307 e. The second kappa shape index (κ2) is 5.06. The minimum absolute atomic E-state index is 0.00433. The minimum atomic E-state index is -0.852. The molecule has 1 N–H and O–H groups in total. The molecule has 1 aromatic heterocycles. The molecular weight excluding hydrogens is 352 g/mol. The summed E-state index contributed by atoms with van der Waals surface area (Å²) in [6.07, 6.45) is 1.59. The summed E-state index contributed by atoms with van der Waals surface area (Å²) in [5.41, 5.74) is 1.61. The molecule has 0 saturated carbocycles. The smallest absolute Gasteiger partial charge is 0.307 e. The molecule has 0 spiro atoms. The first kappa shape index (κ1) is 12.4. The summed E-state index contributed by atoms with van der Waals surface area (Å²) >= 11 is 6.85. The van der Waals surface area contributed by atoms with Gasteiger partial charge in [-0.15, -0.1) is 0 Å². The molecule has 2 aromatic rings. The number of aliphatic carboxylic acids is 1. The van der Waals surface area contributed by atoms with E-state index in [1.165, 1.54) is 0 Å². The lowest BCUT2D eigenvalue weighted by atomic mass is 10.1. The van der Waals surface area contributed by atoms with Gasteiger partial charge in [-0.25, -0.2) is 0 Å². The molecule has 0 amide bonds. The van der Waals surface area contributed by atoms with Crippen LogP contribution in [0.5, 0.6) is 0 Å². The number of carboxylic acids is 1. The predicted molar refractivity (Wildman–Crippen MR) is 70.9 cm³/mol. The lowest BCUT2D eigenvalue weighted by molar-refractivity contribution is -0.136. The van der Waals surface area contributed by atoms with Crippen LogP contribution < -0.4 is 0 Å². The monoisotopic (exact) mass is 358 g/mol. The van der Waals surface area contributed by atoms with Gasteiger partial charge < -0.3 is 9.52 Å². The molecule has 0 radical (unpaired) electrons. The second-order valence-corrected chi connectivity index (χ2v) is 5.19. The topological polar surface area (TPSA) is 50.4 Å². The number of carbonyl (C=O) groups is 1. The Morgan fingerprint density at radius 2 is 1.94 bits per heavy atom. The molecule has 1 heterocycles. The van der Waals surface area contributed by atoms with Crippen molar-refractivity contribution < 1.29 is 14.3 Å². The number of furan rings is 1. The normalized spacial score (nSPS) is 10.5. The van der Waals surface area contributed by atoms with Gasteiger partial charge >= 0.3 is 5.97 Å². The van der Waals surface area contributed by atoms with Crippen molar-refractivity contribution >= 4 is 37.8 Å². The zero-order valence-electron chi connectivity index (χ0n) is 8.61. The highest BCUT2D eigenvalue weighted by Crippen LogP contribution is 2.36. The van der Waals surface area contributed by atoms with Crippen molar-refractivity contribution in [1.29, 1.82) is 0 Å². The number of benzene rings is 1. The lowest BCUT2D eigenvalue weighted by Crippen LogP contribution is -2.00. The van der Waals surface area contributed by atoms with Gasteiger partial charge in [-0.1, -0.05) is 0 Å². The molecule has 3 nitrogen and oxygen atoms in total. The Morgan fingerprint density at radius 3 is 2.41 bits per heavy atom. The van der Waals surface area contributed by atoms with E-state index in [9.17, 15) is 4.79 Å². The molecule has 0 atom stereocenters. The fraction of sp³-hybridized carbons (Fsp3) is 0.0833. The van der Waals surface area contributed by atoms with Crippen LogP contribution in [-0.2, 0) is 11.2 Å². The maximum atomic E-state index is 10.7. The van der Waals surface area contributed by atoms with Crippen LogP contribution in [0.4, 0.5) is 0 Å². The largest absolute Gasteiger partial charge is 0.481 e. The Labute approximate surface area is 115 Å². The van der Waals surface area contributed by atoms with Gasteiger partial charge in [-0.05, 0) is 61.7 Å². The highest BCUT2D eigenvalue weighted by Gasteiger charge is 2.13. The molecule has 0 saturated heterocycles. The fourth-order valence-electron chi connectivity index (χ4n) is 1.56. The Balaban J connectivity index is 2.46. The highest BCUT2D eigenvalue weighted by atomic mass is 79.9. The molecule has 1 aromatic carbocycles. The summed E-state index contributed by atoms with van der Waals surface area (Å²) in [6.45, 7) is 0. The Bertz CT molecular complexity index is 524. The Hall–Kier alpha value is -1.07. The summed E-state index contributed by atoms with van der Waals surface area (Å²) in [6, 6.07) is 7.23. The van der Waals surface area contributed by atoms with E-state index in [1.807, 2.05) is 6.07 Å². The third kappa shape index (κ3) is 2.79. The maximum absolute atomic E-state index is 10.7. The summed E-state index contributed by atoms with van der Waals surface area (Å²) < 4.78 is 6.93. The summed E-state index contributed by atoms with van der Waals surface area (Å²) in [7, 11) is 0. The number of hydrogen-bond donors (Lipinski definition) is 1. The molecule has 17 heavy (non-hydrogen) atoms. The second-order valence-electron chi connectivity index (χ2n) is 3.48. The standard InChI is InChI=1S/C12H8Br2O3/c13-8-4-7(6-11(15)16)5-9(14)12(8)10-2-1-3-17-10/h1-5H,6H2,(H,15,16). The van der Waals surface area contributed by atoms with E-state index in [0.717, 1.165) is 25.8 Å². The van der Waals surface area contributed by atoms with Crippen molar-refractivity contribution in [3.05, 3.63) is 45.0 Å². The first-order chi connectivity index (χ1) is 8.08. The van der Waals surface area contributed by atoms with E-state index >= 15 is 0 Å². The average Bonchev–Trinajstić information content (AvgIpc) is 2.68. The number of halogens is 2. The molecule has 0 aliphatic heterocycles. The lowest BCUT2D eigenvalue weighted by Gasteiger charge is -2.07. The van der Waals surface area contributed by atoms with Gasteiger partial charge in [-0.2, -0.15) is 0 Å². The number of hydrogen-bond acceptors (Lipinski definition) is 2. The Morgan fingerprint density at radius 1 is 1.29 bits per heavy atom. The van der Waals surface area contributed by atoms with Gasteiger partial charge in [0.2, 0.25) is 0 Å². The van der Waals surface area contributed by atoms with Crippen LogP contribution in [0.3, 0.4) is 0 Å². The summed E-state index contributed by atoms with van der Waals surface area (Å²) in [5.74, 6) is -0.125. The summed E-state index contributed by atoms with van der Waals surface area (Å²) in [5, 5.41) is 8.75. The van der Waals surface area contributed by atoms with Gasteiger partial charge in [0.15, 0.2) is 0 Å². The third-order valence-electron chi connectivity index (χ3n) is 2.22. The van der Waals surface area contributed by atoms with Gasteiger partial charge in [0.05, 0.1) is 12.7 Å². The van der Waals surface area contributed by atoms with Crippen molar-refractivity contribution in [3.63, 3.8) is 0 Å². The van der Waals surface area contributed by atoms with Gasteiger partial charge in [-0.3, -0.25) is 4.79 Å². The van der Waals surface area contributed by atoms with Crippen LogP contribution in [-0.4, -0.2) is 11.1 Å². The van der Waals surface area contributed by atoms with Crippen LogP contribution in [0.25, 0.3) is 11.3 Å². The molecule has 0 bridgehead atoms. The van der Waals surface area contributed by atoms with Gasteiger partial charge in [0, 0.05) is 14.5 Å². The number of rotatable bonds is 3. The van der Waals surface area contributed by atoms with E-state index in [0.29, 0.717) is 0 Å². The first-order valence-electron chi connectivity index (χ1n) is 4.81. The van der Waals surface area contributed by atoms with Crippen molar-refractivity contribution in [2.75, 3.05) is 0 Å². The molecule has 0 unspecified atom stereocenters. The molecular formula is C12H8Br2O3. The fourth-order valence-corrected chi connectivity index (χ4v) is 3.23. The van der Waals surface area contributed by atoms with Crippen LogP contribution >= 0.6 is 31.9 Å². The zero-order valence-corrected chi connectivity index (χ0v) is 11.8. The minimum Gasteiger partial charge on any atom is -0.481 e. The van der Waals surface area contributed by atoms with E-state index < -0.39 is 5.97 Å². The summed E-state index contributed by atoms with van der Waals surface area (Å²) in [4.78, 5) is 10.7. The van der Waals surface area contributed by atoms with E-state index in [4.69, 9.17) is 9.52 Å². The molecule has 2 rings (SSSR count). The van der Waals surface area contributed by atoms with Crippen LogP contribution in [0.2, 0.25) is 0 Å². The van der Waals surface area contributed by atoms with Crippen LogP contribution in [0.1, 0.15) is 5.56 Å². The van der Waals surface area contributed by atoms with Crippen molar-refractivity contribution in [1.82, 2.24) is 0 Å². The average molecular weight is 360 g/mol. The van der Waals surface area contributed by atoms with Crippen molar-refractivity contribution in [2.45, 2.75) is 6.42 Å². The zero-order chi connectivity index (χ0) is 12.4. The third-order valence-corrected chi connectivity index (χ3v) is 3.48. The highest BCUT2D eigenvalue weighted by molar-refractivity contribution is 9.11. The molecule has 0 aliphatic rings. The van der Waals surface area contributed by atoms with Crippen molar-refractivity contribution in [2.24, 2.45) is 0 Å². The quantitative estimate of drug-likeness (QED) is 0.897. The van der Waals surface area contributed by atoms with E-state index in [2.05, 4.69) is 31.9 Å². The molecule has 0 fully saturated rings. The molecule has 88 valence electrons. The molecule has 0 aliphatic carbocycles. The SMILES string of the molecule is O=C(O)Cc1cc(Br)c(-c2ccco2)c(Br)c1. The van der Waals surface area contributed by atoms with Gasteiger partial charge in [0.1, 0.15) is 5.76 Å². The van der Waals surface area contributed by atoms with Crippen LogP contribution in [0, 0.1) is 0 Å². The Kier molecular flexibility index (Phi) is 3.69. The number of carboxylic acid groups (broad SMARTS) is 1. The first-order valence-corrected chi connectivity index (χ1v) is 6.40. The van der Waals surface area contributed by atoms with Crippen molar-refractivity contribution in [3.8, 4) is 11.3 Å². The van der Waals surface area contributed by atoms with E-state index in [-0.39, 0.29) is 6.42 Å². The van der Waals surface area contributed by atoms with Gasteiger partial charge in [0.25, 0.3) is 0 Å². The molecule has 5 heteroatoms.